The van der Waals surface area contributed by atoms with E-state index >= 15 is 0 Å². The van der Waals surface area contributed by atoms with Gasteiger partial charge in [0.15, 0.2) is 6.61 Å². The molecule has 0 aliphatic rings. The molecule has 1 N–H and O–H groups in total. The van der Waals surface area contributed by atoms with Crippen molar-refractivity contribution < 1.29 is 19.1 Å². The first kappa shape index (κ1) is 17.5. The van der Waals surface area contributed by atoms with Crippen LogP contribution in [-0.4, -0.2) is 25.1 Å². The second kappa shape index (κ2) is 8.72. The Morgan fingerprint density at radius 1 is 1.00 bits per heavy atom. The molecule has 0 atom stereocenters. The number of benzene rings is 2. The van der Waals surface area contributed by atoms with E-state index in [0.717, 1.165) is 17.7 Å². The Morgan fingerprint density at radius 2 is 1.71 bits per heavy atom. The zero-order valence-corrected chi connectivity index (χ0v) is 13.9. The Hall–Kier alpha value is -2.82. The second-order valence-electron chi connectivity index (χ2n) is 5.09. The average molecular weight is 327 g/mol. The average Bonchev–Trinajstić information content (AvgIpc) is 2.61. The third kappa shape index (κ3) is 4.84. The van der Waals surface area contributed by atoms with Crippen LogP contribution in [0, 0.1) is 0 Å². The maximum absolute atomic E-state index is 12.0. The molecule has 1 amide bonds. The topological polar surface area (TPSA) is 64.6 Å². The first-order valence-corrected chi connectivity index (χ1v) is 7.91. The fourth-order valence-corrected chi connectivity index (χ4v) is 2.19. The van der Waals surface area contributed by atoms with Crippen LogP contribution in [0.2, 0.25) is 0 Å². The highest BCUT2D eigenvalue weighted by Crippen LogP contribution is 2.16. The van der Waals surface area contributed by atoms with Crippen molar-refractivity contribution >= 4 is 17.6 Å². The highest BCUT2D eigenvalue weighted by atomic mass is 16.5. The number of para-hydroxylation sites is 1. The van der Waals surface area contributed by atoms with Crippen LogP contribution in [0.4, 0.5) is 5.69 Å². The number of carbonyl (C=O) groups is 2. The maximum atomic E-state index is 12.0. The normalized spacial score (nSPS) is 10.1. The summed E-state index contributed by atoms with van der Waals surface area (Å²) in [4.78, 5) is 23.6. The van der Waals surface area contributed by atoms with E-state index < -0.39 is 0 Å². The van der Waals surface area contributed by atoms with Crippen LogP contribution >= 0.6 is 0 Å². The number of hydrogen-bond acceptors (Lipinski definition) is 4. The monoisotopic (exact) mass is 327 g/mol. The summed E-state index contributed by atoms with van der Waals surface area (Å²) < 4.78 is 10.4. The SMILES string of the molecule is CCOC(=O)c1ccc(OCC(=O)Nc2ccccc2CC)cc1. The number of nitrogens with one attached hydrogen (secondary N) is 1. The van der Waals surface area contributed by atoms with Gasteiger partial charge in [-0.05, 0) is 49.2 Å². The summed E-state index contributed by atoms with van der Waals surface area (Å²) in [7, 11) is 0. The Labute approximate surface area is 141 Å². The van der Waals surface area contributed by atoms with Crippen molar-refractivity contribution in [3.05, 3.63) is 59.7 Å². The van der Waals surface area contributed by atoms with Crippen molar-refractivity contribution in [1.82, 2.24) is 0 Å². The van der Waals surface area contributed by atoms with E-state index in [1.54, 1.807) is 31.2 Å². The summed E-state index contributed by atoms with van der Waals surface area (Å²) in [6.45, 7) is 4.02. The summed E-state index contributed by atoms with van der Waals surface area (Å²) in [6, 6.07) is 14.2. The van der Waals surface area contributed by atoms with E-state index in [9.17, 15) is 9.59 Å². The highest BCUT2D eigenvalue weighted by molar-refractivity contribution is 5.92. The van der Waals surface area contributed by atoms with Crippen LogP contribution < -0.4 is 10.1 Å². The molecule has 2 rings (SSSR count). The van der Waals surface area contributed by atoms with E-state index in [4.69, 9.17) is 9.47 Å². The number of aryl methyl sites for hydroxylation is 1. The minimum atomic E-state index is -0.377. The number of rotatable bonds is 7. The van der Waals surface area contributed by atoms with Crippen molar-refractivity contribution in [2.24, 2.45) is 0 Å². The summed E-state index contributed by atoms with van der Waals surface area (Å²) in [5.41, 5.74) is 2.32. The van der Waals surface area contributed by atoms with Crippen molar-refractivity contribution in [3.63, 3.8) is 0 Å². The molecule has 126 valence electrons. The molecule has 0 heterocycles. The van der Waals surface area contributed by atoms with Gasteiger partial charge in [-0.25, -0.2) is 4.79 Å². The van der Waals surface area contributed by atoms with Crippen molar-refractivity contribution in [3.8, 4) is 5.75 Å². The molecule has 5 nitrogen and oxygen atoms in total. The summed E-state index contributed by atoms with van der Waals surface area (Å²) >= 11 is 0. The molecule has 0 spiro atoms. The van der Waals surface area contributed by atoms with Crippen molar-refractivity contribution in [2.45, 2.75) is 20.3 Å². The number of hydrogen-bond donors (Lipinski definition) is 1. The van der Waals surface area contributed by atoms with Crippen LogP contribution in [0.1, 0.15) is 29.8 Å². The highest BCUT2D eigenvalue weighted by Gasteiger charge is 2.08. The molecule has 0 fully saturated rings. The quantitative estimate of drug-likeness (QED) is 0.791. The van der Waals surface area contributed by atoms with Gasteiger partial charge >= 0.3 is 5.97 Å². The lowest BCUT2D eigenvalue weighted by Crippen LogP contribution is -2.20. The molecule has 0 aliphatic carbocycles. The summed E-state index contributed by atoms with van der Waals surface area (Å²) in [5, 5.41) is 2.84. The van der Waals surface area contributed by atoms with Gasteiger partial charge in [-0.3, -0.25) is 4.79 Å². The largest absolute Gasteiger partial charge is 0.484 e. The minimum absolute atomic E-state index is 0.100. The van der Waals surface area contributed by atoms with E-state index in [1.807, 2.05) is 31.2 Å². The van der Waals surface area contributed by atoms with Crippen LogP contribution in [0.25, 0.3) is 0 Å². The molecule has 0 aliphatic heterocycles. The standard InChI is InChI=1S/C19H21NO4/c1-3-14-7-5-6-8-17(14)20-18(21)13-24-16-11-9-15(10-12-16)19(22)23-4-2/h5-12H,3-4,13H2,1-2H3,(H,20,21). The Morgan fingerprint density at radius 3 is 2.38 bits per heavy atom. The first-order chi connectivity index (χ1) is 11.6. The molecule has 2 aromatic rings. The van der Waals surface area contributed by atoms with Crippen molar-refractivity contribution in [1.29, 1.82) is 0 Å². The van der Waals surface area contributed by atoms with Crippen molar-refractivity contribution in [2.75, 3.05) is 18.5 Å². The van der Waals surface area contributed by atoms with Gasteiger partial charge < -0.3 is 14.8 Å². The van der Waals surface area contributed by atoms with Gasteiger partial charge in [0, 0.05) is 5.69 Å². The fourth-order valence-electron chi connectivity index (χ4n) is 2.19. The van der Waals surface area contributed by atoms with Crippen LogP contribution in [-0.2, 0) is 16.0 Å². The second-order valence-corrected chi connectivity index (χ2v) is 5.09. The Bertz CT molecular complexity index is 695. The van der Waals surface area contributed by atoms with E-state index in [-0.39, 0.29) is 18.5 Å². The number of carbonyl (C=O) groups excluding carboxylic acids is 2. The van der Waals surface area contributed by atoms with Crippen LogP contribution in [0.3, 0.4) is 0 Å². The van der Waals surface area contributed by atoms with Gasteiger partial charge in [-0.15, -0.1) is 0 Å². The predicted molar refractivity (Wildman–Crippen MR) is 92.3 cm³/mol. The smallest absolute Gasteiger partial charge is 0.338 e. The van der Waals surface area contributed by atoms with Crippen LogP contribution in [0.15, 0.2) is 48.5 Å². The molecule has 0 saturated heterocycles. The number of anilines is 1. The van der Waals surface area contributed by atoms with Gasteiger partial charge in [-0.2, -0.15) is 0 Å². The molecule has 24 heavy (non-hydrogen) atoms. The third-order valence-electron chi connectivity index (χ3n) is 3.41. The molecule has 0 bridgehead atoms. The molecule has 0 radical (unpaired) electrons. The minimum Gasteiger partial charge on any atom is -0.484 e. The summed E-state index contributed by atoms with van der Waals surface area (Å²) in [6.07, 6.45) is 0.840. The predicted octanol–water partition coefficient (Wildman–Crippen LogP) is 3.44. The zero-order valence-electron chi connectivity index (χ0n) is 13.9. The maximum Gasteiger partial charge on any atom is 0.338 e. The zero-order chi connectivity index (χ0) is 17.4. The number of amides is 1. The lowest BCUT2D eigenvalue weighted by Gasteiger charge is -2.10. The fraction of sp³-hybridized carbons (Fsp3) is 0.263. The lowest BCUT2D eigenvalue weighted by atomic mass is 10.1. The molecule has 0 aromatic heterocycles. The molecular weight excluding hydrogens is 306 g/mol. The molecule has 0 unspecified atom stereocenters. The number of esters is 1. The first-order valence-electron chi connectivity index (χ1n) is 7.91. The van der Waals surface area contributed by atoms with Gasteiger partial charge in [-0.1, -0.05) is 25.1 Å². The lowest BCUT2D eigenvalue weighted by molar-refractivity contribution is -0.118. The molecule has 0 saturated carbocycles. The van der Waals surface area contributed by atoms with E-state index in [1.165, 1.54) is 0 Å². The third-order valence-corrected chi connectivity index (χ3v) is 3.41. The Kier molecular flexibility index (Phi) is 6.37. The van der Waals surface area contributed by atoms with E-state index in [2.05, 4.69) is 5.32 Å². The van der Waals surface area contributed by atoms with Gasteiger partial charge in [0.1, 0.15) is 5.75 Å². The van der Waals surface area contributed by atoms with Gasteiger partial charge in [0.2, 0.25) is 0 Å². The number of ether oxygens (including phenoxy) is 2. The molecule has 2 aromatic carbocycles. The molecule has 5 heteroatoms. The van der Waals surface area contributed by atoms with Crippen LogP contribution in [0.5, 0.6) is 5.75 Å². The molecular formula is C19H21NO4. The van der Waals surface area contributed by atoms with E-state index in [0.29, 0.717) is 17.9 Å². The summed E-state index contributed by atoms with van der Waals surface area (Å²) in [5.74, 6) is -0.0923. The Balaban J connectivity index is 1.88. The van der Waals surface area contributed by atoms with Gasteiger partial charge in [0.05, 0.1) is 12.2 Å². The van der Waals surface area contributed by atoms with Gasteiger partial charge in [0.25, 0.3) is 5.91 Å².